The third-order valence-electron chi connectivity index (χ3n) is 4.80. The minimum Gasteiger partial charge on any atom is -0.377 e. The zero-order valence-corrected chi connectivity index (χ0v) is 19.1. The molecule has 0 fully saturated rings. The SMILES string of the molecule is C[C@@H](CC(=O)Nc1ccc(N(C)C)c(C(=O)NCc2ccccc2)c1)CC(C)(C)C. The van der Waals surface area contributed by atoms with Crippen LogP contribution in [0.1, 0.15) is 56.5 Å². The summed E-state index contributed by atoms with van der Waals surface area (Å²) in [4.78, 5) is 27.3. The Bertz CT molecular complexity index is 854. The first kappa shape index (κ1) is 23.5. The Labute approximate surface area is 180 Å². The standard InChI is InChI=1S/C25H35N3O2/c1-18(16-25(2,3)4)14-23(29)27-20-12-13-22(28(5)6)21(15-20)24(30)26-17-19-10-8-7-9-11-19/h7-13,15,18H,14,16-17H2,1-6H3,(H,26,30)(H,27,29)/t18-/m0/s1. The second-order valence-corrected chi connectivity index (χ2v) is 9.42. The Morgan fingerprint density at radius 3 is 2.30 bits per heavy atom. The van der Waals surface area contributed by atoms with Crippen molar-refractivity contribution in [1.82, 2.24) is 5.32 Å². The van der Waals surface area contributed by atoms with Crippen molar-refractivity contribution in [2.75, 3.05) is 24.3 Å². The van der Waals surface area contributed by atoms with Crippen LogP contribution in [0.25, 0.3) is 0 Å². The molecule has 0 aromatic heterocycles. The summed E-state index contributed by atoms with van der Waals surface area (Å²) in [6.07, 6.45) is 1.44. The molecule has 2 aromatic rings. The smallest absolute Gasteiger partial charge is 0.253 e. The van der Waals surface area contributed by atoms with Crippen molar-refractivity contribution in [2.45, 2.75) is 47.1 Å². The summed E-state index contributed by atoms with van der Waals surface area (Å²) in [6.45, 7) is 9.10. The summed E-state index contributed by atoms with van der Waals surface area (Å²) in [6, 6.07) is 15.3. The van der Waals surface area contributed by atoms with E-state index < -0.39 is 0 Å². The van der Waals surface area contributed by atoms with Gasteiger partial charge in [0.2, 0.25) is 5.91 Å². The molecule has 0 heterocycles. The third-order valence-corrected chi connectivity index (χ3v) is 4.80. The maximum absolute atomic E-state index is 12.9. The van der Waals surface area contributed by atoms with Crippen LogP contribution in [0.15, 0.2) is 48.5 Å². The molecular weight excluding hydrogens is 374 g/mol. The second-order valence-electron chi connectivity index (χ2n) is 9.42. The highest BCUT2D eigenvalue weighted by Crippen LogP contribution is 2.27. The maximum Gasteiger partial charge on any atom is 0.253 e. The van der Waals surface area contributed by atoms with Crippen molar-refractivity contribution in [2.24, 2.45) is 11.3 Å². The fourth-order valence-electron chi connectivity index (χ4n) is 3.71. The van der Waals surface area contributed by atoms with Gasteiger partial charge in [0.15, 0.2) is 0 Å². The molecule has 0 saturated carbocycles. The van der Waals surface area contributed by atoms with E-state index in [4.69, 9.17) is 0 Å². The largest absolute Gasteiger partial charge is 0.377 e. The Balaban J connectivity index is 2.09. The van der Waals surface area contributed by atoms with Gasteiger partial charge in [-0.2, -0.15) is 0 Å². The molecule has 2 aromatic carbocycles. The maximum atomic E-state index is 12.9. The Hall–Kier alpha value is -2.82. The highest BCUT2D eigenvalue weighted by molar-refractivity contribution is 6.02. The molecule has 0 aliphatic heterocycles. The van der Waals surface area contributed by atoms with Crippen LogP contribution >= 0.6 is 0 Å². The number of carbonyl (C=O) groups excluding carboxylic acids is 2. The van der Waals surface area contributed by atoms with Crippen LogP contribution in [-0.2, 0) is 11.3 Å². The van der Waals surface area contributed by atoms with Crippen LogP contribution in [0.5, 0.6) is 0 Å². The lowest BCUT2D eigenvalue weighted by molar-refractivity contribution is -0.117. The number of amides is 2. The molecule has 2 amide bonds. The summed E-state index contributed by atoms with van der Waals surface area (Å²) < 4.78 is 0. The summed E-state index contributed by atoms with van der Waals surface area (Å²) in [5, 5.41) is 5.93. The predicted molar refractivity (Wildman–Crippen MR) is 125 cm³/mol. The molecule has 2 N–H and O–H groups in total. The Kier molecular flexibility index (Phi) is 8.04. The van der Waals surface area contributed by atoms with Gasteiger partial charge in [0.05, 0.1) is 5.56 Å². The summed E-state index contributed by atoms with van der Waals surface area (Å²) >= 11 is 0. The monoisotopic (exact) mass is 409 g/mol. The van der Waals surface area contributed by atoms with Gasteiger partial charge < -0.3 is 15.5 Å². The zero-order valence-electron chi connectivity index (χ0n) is 19.1. The quantitative estimate of drug-likeness (QED) is 0.639. The minimum absolute atomic E-state index is 0.0278. The molecule has 0 aliphatic carbocycles. The van der Waals surface area contributed by atoms with E-state index in [-0.39, 0.29) is 17.2 Å². The number of carbonyl (C=O) groups is 2. The van der Waals surface area contributed by atoms with Crippen molar-refractivity contribution >= 4 is 23.2 Å². The molecule has 0 aliphatic rings. The van der Waals surface area contributed by atoms with Crippen LogP contribution in [0.4, 0.5) is 11.4 Å². The topological polar surface area (TPSA) is 61.4 Å². The lowest BCUT2D eigenvalue weighted by Gasteiger charge is -2.23. The lowest BCUT2D eigenvalue weighted by atomic mass is 9.84. The molecule has 162 valence electrons. The van der Waals surface area contributed by atoms with E-state index in [9.17, 15) is 9.59 Å². The van der Waals surface area contributed by atoms with Crippen LogP contribution in [0.3, 0.4) is 0 Å². The van der Waals surface area contributed by atoms with Gasteiger partial charge >= 0.3 is 0 Å². The van der Waals surface area contributed by atoms with Crippen molar-refractivity contribution in [3.63, 3.8) is 0 Å². The van der Waals surface area contributed by atoms with E-state index in [0.717, 1.165) is 17.7 Å². The van der Waals surface area contributed by atoms with Crippen LogP contribution in [-0.4, -0.2) is 25.9 Å². The fraction of sp³-hybridized carbons (Fsp3) is 0.440. The van der Waals surface area contributed by atoms with Crippen LogP contribution in [0.2, 0.25) is 0 Å². The summed E-state index contributed by atoms with van der Waals surface area (Å²) in [5.41, 5.74) is 3.21. The third kappa shape index (κ3) is 7.54. The molecule has 1 atom stereocenters. The van der Waals surface area contributed by atoms with E-state index in [1.165, 1.54) is 0 Å². The minimum atomic E-state index is -0.167. The highest BCUT2D eigenvalue weighted by atomic mass is 16.2. The average Bonchev–Trinajstić information content (AvgIpc) is 2.65. The number of rotatable bonds is 8. The van der Waals surface area contributed by atoms with Gasteiger partial charge in [0.25, 0.3) is 5.91 Å². The van der Waals surface area contributed by atoms with Gasteiger partial charge in [-0.05, 0) is 41.5 Å². The van der Waals surface area contributed by atoms with Gasteiger partial charge in [0.1, 0.15) is 0 Å². The molecule has 5 heteroatoms. The molecule has 0 bridgehead atoms. The van der Waals surface area contributed by atoms with Crippen molar-refractivity contribution in [1.29, 1.82) is 0 Å². The van der Waals surface area contributed by atoms with E-state index in [2.05, 4.69) is 38.3 Å². The van der Waals surface area contributed by atoms with Crippen LogP contribution < -0.4 is 15.5 Å². The van der Waals surface area contributed by atoms with E-state index in [1.807, 2.05) is 61.5 Å². The van der Waals surface area contributed by atoms with Crippen molar-refractivity contribution < 1.29 is 9.59 Å². The van der Waals surface area contributed by atoms with Crippen LogP contribution in [0, 0.1) is 11.3 Å². The molecule has 2 rings (SSSR count). The van der Waals surface area contributed by atoms with Gasteiger partial charge in [0, 0.05) is 38.4 Å². The van der Waals surface area contributed by atoms with Crippen molar-refractivity contribution in [3.8, 4) is 0 Å². The van der Waals surface area contributed by atoms with E-state index in [1.54, 1.807) is 6.07 Å². The highest BCUT2D eigenvalue weighted by Gasteiger charge is 2.19. The van der Waals surface area contributed by atoms with Gasteiger partial charge in [-0.15, -0.1) is 0 Å². The zero-order chi connectivity index (χ0) is 22.3. The van der Waals surface area contributed by atoms with Crippen molar-refractivity contribution in [3.05, 3.63) is 59.7 Å². The number of hydrogen-bond acceptors (Lipinski definition) is 3. The molecule has 0 unspecified atom stereocenters. The molecule has 5 nitrogen and oxygen atoms in total. The normalized spacial score (nSPS) is 12.2. The first-order chi connectivity index (χ1) is 14.0. The summed E-state index contributed by atoms with van der Waals surface area (Å²) in [7, 11) is 3.80. The fourth-order valence-corrected chi connectivity index (χ4v) is 3.71. The number of benzene rings is 2. The number of nitrogens with zero attached hydrogens (tertiary/aromatic N) is 1. The lowest BCUT2D eigenvalue weighted by Crippen LogP contribution is -2.26. The molecule has 0 radical (unpaired) electrons. The number of anilines is 2. The Morgan fingerprint density at radius 2 is 1.70 bits per heavy atom. The van der Waals surface area contributed by atoms with Gasteiger partial charge in [-0.1, -0.05) is 58.0 Å². The van der Waals surface area contributed by atoms with Gasteiger partial charge in [-0.25, -0.2) is 0 Å². The summed E-state index contributed by atoms with van der Waals surface area (Å²) in [5.74, 6) is 0.0967. The van der Waals surface area contributed by atoms with Gasteiger partial charge in [-0.3, -0.25) is 9.59 Å². The first-order valence-corrected chi connectivity index (χ1v) is 10.5. The predicted octanol–water partition coefficient (Wildman–Crippen LogP) is 5.08. The number of nitrogens with one attached hydrogen (secondary N) is 2. The van der Waals surface area contributed by atoms with E-state index in [0.29, 0.717) is 30.1 Å². The Morgan fingerprint density at radius 1 is 1.03 bits per heavy atom. The second kappa shape index (κ2) is 10.3. The number of hydrogen-bond donors (Lipinski definition) is 2. The molecule has 30 heavy (non-hydrogen) atoms. The molecular formula is C25H35N3O2. The average molecular weight is 410 g/mol. The molecule has 0 saturated heterocycles. The van der Waals surface area contributed by atoms with E-state index >= 15 is 0 Å². The first-order valence-electron chi connectivity index (χ1n) is 10.5. The molecule has 0 spiro atoms.